The van der Waals surface area contributed by atoms with Crippen LogP contribution in [0.3, 0.4) is 0 Å². The highest BCUT2D eigenvalue weighted by Crippen LogP contribution is 2.24. The van der Waals surface area contributed by atoms with Gasteiger partial charge in [-0.3, -0.25) is 0 Å². The molecule has 0 bridgehead atoms. The first-order valence-electron chi connectivity index (χ1n) is 7.96. The topological polar surface area (TPSA) is 41.1 Å². The highest BCUT2D eigenvalue weighted by atomic mass is 15.2. The minimum Gasteiger partial charge on any atom is -0.341 e. The lowest BCUT2D eigenvalue weighted by atomic mass is 9.96. The quantitative estimate of drug-likeness (QED) is 0.898. The van der Waals surface area contributed by atoms with Crippen LogP contribution in [-0.4, -0.2) is 30.1 Å². The maximum atomic E-state index is 4.70. The van der Waals surface area contributed by atoms with Crippen molar-refractivity contribution in [2.24, 2.45) is 5.92 Å². The summed E-state index contributed by atoms with van der Waals surface area (Å²) in [5, 5.41) is 3.16. The molecule has 4 nitrogen and oxygen atoms in total. The number of nitrogens with one attached hydrogen (secondary N) is 1. The third-order valence-corrected chi connectivity index (χ3v) is 4.26. The van der Waals surface area contributed by atoms with E-state index in [0.717, 1.165) is 37.2 Å². The highest BCUT2D eigenvalue weighted by Gasteiger charge is 2.18. The zero-order valence-corrected chi connectivity index (χ0v) is 13.2. The Balaban J connectivity index is 2.02. The summed E-state index contributed by atoms with van der Waals surface area (Å²) in [6.45, 7) is 7.41. The molecule has 1 fully saturated rings. The summed E-state index contributed by atoms with van der Waals surface area (Å²) in [6, 6.07) is 0. The van der Waals surface area contributed by atoms with Crippen molar-refractivity contribution in [3.8, 4) is 0 Å². The number of hydrogen-bond donors (Lipinski definition) is 1. The summed E-state index contributed by atoms with van der Waals surface area (Å²) in [6.07, 6.45) is 8.57. The lowest BCUT2D eigenvalue weighted by molar-refractivity contribution is 0.435. The second kappa shape index (κ2) is 7.58. The molecule has 1 unspecified atom stereocenters. The molecule has 0 aromatic carbocycles. The average Bonchev–Trinajstić information content (AvgIpc) is 2.67. The van der Waals surface area contributed by atoms with Gasteiger partial charge >= 0.3 is 0 Å². The van der Waals surface area contributed by atoms with Crippen molar-refractivity contribution >= 4 is 5.95 Å². The highest BCUT2D eigenvalue weighted by molar-refractivity contribution is 5.33. The molecule has 1 aliphatic rings. The van der Waals surface area contributed by atoms with Crippen LogP contribution in [0, 0.1) is 12.8 Å². The maximum absolute atomic E-state index is 4.70. The predicted molar refractivity (Wildman–Crippen MR) is 84.0 cm³/mol. The average molecular weight is 276 g/mol. The molecule has 112 valence electrons. The smallest absolute Gasteiger partial charge is 0.225 e. The fourth-order valence-electron chi connectivity index (χ4n) is 3.06. The van der Waals surface area contributed by atoms with Crippen molar-refractivity contribution in [2.45, 2.75) is 52.5 Å². The van der Waals surface area contributed by atoms with Crippen molar-refractivity contribution in [3.05, 3.63) is 17.5 Å². The zero-order valence-electron chi connectivity index (χ0n) is 13.2. The summed E-state index contributed by atoms with van der Waals surface area (Å²) >= 11 is 0. The molecule has 1 N–H and O–H groups in total. The van der Waals surface area contributed by atoms with Crippen LogP contribution in [-0.2, 0) is 6.54 Å². The Morgan fingerprint density at radius 2 is 2.20 bits per heavy atom. The molecule has 1 aromatic heterocycles. The SMILES string of the molecule is CCCC1CCCN(c2ncc(CNC)c(C)n2)CC1. The van der Waals surface area contributed by atoms with E-state index in [4.69, 9.17) is 4.98 Å². The molecule has 0 amide bonds. The van der Waals surface area contributed by atoms with E-state index in [1.54, 1.807) is 0 Å². The molecule has 1 saturated heterocycles. The first-order valence-corrected chi connectivity index (χ1v) is 7.96. The molecular weight excluding hydrogens is 248 g/mol. The van der Waals surface area contributed by atoms with Gasteiger partial charge in [-0.1, -0.05) is 19.8 Å². The molecule has 1 aromatic rings. The van der Waals surface area contributed by atoms with Gasteiger partial charge in [-0.15, -0.1) is 0 Å². The van der Waals surface area contributed by atoms with Crippen molar-refractivity contribution in [3.63, 3.8) is 0 Å². The summed E-state index contributed by atoms with van der Waals surface area (Å²) in [5.41, 5.74) is 2.29. The van der Waals surface area contributed by atoms with Gasteiger partial charge in [-0.05, 0) is 39.2 Å². The van der Waals surface area contributed by atoms with Crippen LogP contribution in [0.4, 0.5) is 5.95 Å². The molecule has 4 heteroatoms. The number of hydrogen-bond acceptors (Lipinski definition) is 4. The molecule has 20 heavy (non-hydrogen) atoms. The molecule has 0 aliphatic carbocycles. The minimum atomic E-state index is 0.838. The Kier molecular flexibility index (Phi) is 5.77. The normalized spacial score (nSPS) is 19.9. The number of aryl methyl sites for hydroxylation is 1. The molecule has 1 aliphatic heterocycles. The largest absolute Gasteiger partial charge is 0.341 e. The zero-order chi connectivity index (χ0) is 14.4. The molecule has 0 saturated carbocycles. The molecule has 2 heterocycles. The Morgan fingerprint density at radius 3 is 2.90 bits per heavy atom. The van der Waals surface area contributed by atoms with Gasteiger partial charge in [0.1, 0.15) is 0 Å². The van der Waals surface area contributed by atoms with Gasteiger partial charge in [0.25, 0.3) is 0 Å². The standard InChI is InChI=1S/C16H28N4/c1-4-6-14-7-5-9-20(10-8-14)16-18-12-15(11-17-3)13(2)19-16/h12,14,17H,4-11H2,1-3H3. The van der Waals surface area contributed by atoms with Crippen molar-refractivity contribution < 1.29 is 0 Å². The van der Waals surface area contributed by atoms with Gasteiger partial charge < -0.3 is 10.2 Å². The van der Waals surface area contributed by atoms with Gasteiger partial charge in [0.05, 0.1) is 0 Å². The second-order valence-corrected chi connectivity index (χ2v) is 5.88. The monoisotopic (exact) mass is 276 g/mol. The molecule has 2 rings (SSSR count). The predicted octanol–water partition coefficient (Wildman–Crippen LogP) is 2.91. The number of anilines is 1. The molecule has 1 atom stereocenters. The van der Waals surface area contributed by atoms with E-state index in [2.05, 4.69) is 29.0 Å². The van der Waals surface area contributed by atoms with Crippen molar-refractivity contribution in [1.82, 2.24) is 15.3 Å². The Hall–Kier alpha value is -1.16. The van der Waals surface area contributed by atoms with Gasteiger partial charge in [0, 0.05) is 37.1 Å². The Morgan fingerprint density at radius 1 is 1.35 bits per heavy atom. The van der Waals surface area contributed by atoms with Crippen molar-refractivity contribution in [1.29, 1.82) is 0 Å². The van der Waals surface area contributed by atoms with E-state index < -0.39 is 0 Å². The summed E-state index contributed by atoms with van der Waals surface area (Å²) in [7, 11) is 1.95. The first kappa shape index (κ1) is 15.2. The molecular formula is C16H28N4. The van der Waals surface area contributed by atoms with Gasteiger partial charge in [0.2, 0.25) is 5.95 Å². The second-order valence-electron chi connectivity index (χ2n) is 5.88. The lowest BCUT2D eigenvalue weighted by Crippen LogP contribution is -2.27. The van der Waals surface area contributed by atoms with Crippen LogP contribution in [0.25, 0.3) is 0 Å². The maximum Gasteiger partial charge on any atom is 0.225 e. The minimum absolute atomic E-state index is 0.838. The number of rotatable bonds is 5. The van der Waals surface area contributed by atoms with Gasteiger partial charge in [-0.25, -0.2) is 9.97 Å². The van der Waals surface area contributed by atoms with Crippen LogP contribution in [0.5, 0.6) is 0 Å². The molecule has 0 spiro atoms. The van der Waals surface area contributed by atoms with Crippen LogP contribution >= 0.6 is 0 Å². The first-order chi connectivity index (χ1) is 9.74. The fraction of sp³-hybridized carbons (Fsp3) is 0.750. The van der Waals surface area contributed by atoms with Gasteiger partial charge in [-0.2, -0.15) is 0 Å². The van der Waals surface area contributed by atoms with E-state index in [1.807, 2.05) is 13.2 Å². The summed E-state index contributed by atoms with van der Waals surface area (Å²) < 4.78 is 0. The Bertz CT molecular complexity index is 419. The van der Waals surface area contributed by atoms with Crippen LogP contribution in [0.15, 0.2) is 6.20 Å². The molecule has 0 radical (unpaired) electrons. The van der Waals surface area contributed by atoms with E-state index in [-0.39, 0.29) is 0 Å². The van der Waals surface area contributed by atoms with Gasteiger partial charge in [0.15, 0.2) is 0 Å². The number of nitrogens with zero attached hydrogens (tertiary/aromatic N) is 3. The van der Waals surface area contributed by atoms with Crippen LogP contribution < -0.4 is 10.2 Å². The third kappa shape index (κ3) is 3.92. The van der Waals surface area contributed by atoms with E-state index >= 15 is 0 Å². The van der Waals surface area contributed by atoms with E-state index in [9.17, 15) is 0 Å². The Labute approximate surface area is 123 Å². The van der Waals surface area contributed by atoms with E-state index in [1.165, 1.54) is 37.7 Å². The fourth-order valence-corrected chi connectivity index (χ4v) is 3.06. The third-order valence-electron chi connectivity index (χ3n) is 4.26. The summed E-state index contributed by atoms with van der Waals surface area (Å²) in [5.74, 6) is 1.81. The summed E-state index contributed by atoms with van der Waals surface area (Å²) in [4.78, 5) is 11.6. The number of aromatic nitrogens is 2. The van der Waals surface area contributed by atoms with Crippen LogP contribution in [0.2, 0.25) is 0 Å². The van der Waals surface area contributed by atoms with Crippen LogP contribution in [0.1, 0.15) is 50.3 Å². The lowest BCUT2D eigenvalue weighted by Gasteiger charge is -2.21. The van der Waals surface area contributed by atoms with Crippen molar-refractivity contribution in [2.75, 3.05) is 25.0 Å². The van der Waals surface area contributed by atoms with E-state index in [0.29, 0.717) is 0 Å².